The Balaban J connectivity index is 1.20. The monoisotopic (exact) mass is 505 g/mol. The van der Waals surface area contributed by atoms with E-state index in [0.717, 1.165) is 35.8 Å². The predicted molar refractivity (Wildman–Crippen MR) is 143 cm³/mol. The van der Waals surface area contributed by atoms with E-state index in [-0.39, 0.29) is 17.2 Å². The molecule has 0 N–H and O–H groups in total. The van der Waals surface area contributed by atoms with Gasteiger partial charge in [-0.3, -0.25) is 9.59 Å². The summed E-state index contributed by atoms with van der Waals surface area (Å²) < 4.78 is 0. The van der Waals surface area contributed by atoms with E-state index in [0.29, 0.717) is 31.0 Å². The Labute approximate surface area is 215 Å². The van der Waals surface area contributed by atoms with E-state index in [1.165, 1.54) is 5.56 Å². The molecule has 2 aliphatic rings. The van der Waals surface area contributed by atoms with Crippen LogP contribution >= 0.6 is 23.4 Å². The summed E-state index contributed by atoms with van der Waals surface area (Å²) in [6, 6.07) is 25.9. The van der Waals surface area contributed by atoms with Crippen molar-refractivity contribution >= 4 is 40.9 Å². The first-order valence-corrected chi connectivity index (χ1v) is 13.4. The minimum Gasteiger partial charge on any atom is -0.368 e. The van der Waals surface area contributed by atoms with Crippen LogP contribution in [0.3, 0.4) is 0 Å². The average Bonchev–Trinajstić information content (AvgIpc) is 3.28. The maximum Gasteiger partial charge on any atom is 0.253 e. The highest BCUT2D eigenvalue weighted by atomic mass is 35.5. The Morgan fingerprint density at radius 2 is 1.66 bits per heavy atom. The number of anilines is 1. The predicted octanol–water partition coefficient (Wildman–Crippen LogP) is 5.12. The van der Waals surface area contributed by atoms with Crippen LogP contribution in [-0.4, -0.2) is 60.1 Å². The zero-order chi connectivity index (χ0) is 24.2. The van der Waals surface area contributed by atoms with E-state index in [4.69, 9.17) is 11.6 Å². The van der Waals surface area contributed by atoms with Crippen molar-refractivity contribution in [1.82, 2.24) is 9.80 Å². The van der Waals surface area contributed by atoms with Crippen molar-refractivity contribution in [3.8, 4) is 0 Å². The minimum absolute atomic E-state index is 0.00314. The number of halogens is 1. The summed E-state index contributed by atoms with van der Waals surface area (Å²) in [7, 11) is 0. The normalized spacial score (nSPS) is 18.3. The van der Waals surface area contributed by atoms with E-state index in [9.17, 15) is 9.59 Å². The maximum absolute atomic E-state index is 13.1. The Hall–Kier alpha value is -2.96. The molecule has 0 saturated carbocycles. The largest absolute Gasteiger partial charge is 0.368 e. The third kappa shape index (κ3) is 5.49. The molecular formula is C28H28ClN3O2S. The van der Waals surface area contributed by atoms with Crippen LogP contribution < -0.4 is 4.90 Å². The fourth-order valence-corrected chi connectivity index (χ4v) is 6.08. The van der Waals surface area contributed by atoms with Crippen LogP contribution in [0.2, 0.25) is 5.02 Å². The molecule has 2 heterocycles. The third-order valence-electron chi connectivity index (χ3n) is 6.64. The first kappa shape index (κ1) is 23.8. The van der Waals surface area contributed by atoms with Crippen molar-refractivity contribution in [2.45, 2.75) is 11.8 Å². The Bertz CT molecular complexity index is 1180. The molecule has 3 aromatic rings. The number of thioether (sulfide) groups is 1. The Morgan fingerprint density at radius 3 is 2.37 bits per heavy atom. The third-order valence-corrected chi connectivity index (χ3v) is 8.13. The number of amides is 2. The topological polar surface area (TPSA) is 43.9 Å². The summed E-state index contributed by atoms with van der Waals surface area (Å²) in [4.78, 5) is 31.8. The molecule has 7 heteroatoms. The highest BCUT2D eigenvalue weighted by Gasteiger charge is 2.32. The number of piperazine rings is 1. The first-order valence-electron chi connectivity index (χ1n) is 11.9. The highest BCUT2D eigenvalue weighted by molar-refractivity contribution is 8.00. The Kier molecular flexibility index (Phi) is 7.30. The fourth-order valence-electron chi connectivity index (χ4n) is 4.68. The van der Waals surface area contributed by atoms with Crippen LogP contribution in [0, 0.1) is 0 Å². The number of benzene rings is 3. The van der Waals surface area contributed by atoms with Crippen LogP contribution in [0.15, 0.2) is 78.9 Å². The molecule has 0 unspecified atom stereocenters. The molecule has 5 nitrogen and oxygen atoms in total. The number of rotatable bonds is 6. The zero-order valence-electron chi connectivity index (χ0n) is 19.5. The van der Waals surface area contributed by atoms with Crippen LogP contribution in [0.4, 0.5) is 5.69 Å². The van der Waals surface area contributed by atoms with Crippen molar-refractivity contribution < 1.29 is 9.59 Å². The molecule has 0 spiro atoms. The summed E-state index contributed by atoms with van der Waals surface area (Å²) in [6.07, 6.45) is 0.835. The lowest BCUT2D eigenvalue weighted by Crippen LogP contribution is -2.48. The number of carbonyl (C=O) groups excluding carboxylic acids is 2. The van der Waals surface area contributed by atoms with Gasteiger partial charge in [-0.25, -0.2) is 0 Å². The number of carbonyl (C=O) groups is 2. The first-order chi connectivity index (χ1) is 17.1. The van der Waals surface area contributed by atoms with Crippen molar-refractivity contribution in [1.29, 1.82) is 0 Å². The molecule has 2 amide bonds. The minimum atomic E-state index is -0.00314. The van der Waals surface area contributed by atoms with Gasteiger partial charge in [-0.15, -0.1) is 11.8 Å². The van der Waals surface area contributed by atoms with E-state index in [1.807, 2.05) is 70.5 Å². The molecule has 2 saturated heterocycles. The van der Waals surface area contributed by atoms with Gasteiger partial charge in [0.1, 0.15) is 5.37 Å². The van der Waals surface area contributed by atoms with Gasteiger partial charge < -0.3 is 14.7 Å². The van der Waals surface area contributed by atoms with Gasteiger partial charge in [-0.1, -0.05) is 60.1 Å². The van der Waals surface area contributed by atoms with Gasteiger partial charge in [-0.2, -0.15) is 0 Å². The quantitative estimate of drug-likeness (QED) is 0.466. The van der Waals surface area contributed by atoms with E-state index < -0.39 is 0 Å². The molecule has 5 rings (SSSR count). The fraction of sp³-hybridized carbons (Fsp3) is 0.286. The second-order valence-corrected chi connectivity index (χ2v) is 10.4. The summed E-state index contributed by atoms with van der Waals surface area (Å²) in [5.41, 5.74) is 4.08. The lowest BCUT2D eigenvalue weighted by atomic mass is 10.1. The SMILES string of the molecule is O=C(c1ccc([C@@H]2SCC(=O)N2CCc2ccccc2)cc1)N1CCN(c2cccc(Cl)c2)CC1. The van der Waals surface area contributed by atoms with Crippen LogP contribution in [0.5, 0.6) is 0 Å². The van der Waals surface area contributed by atoms with Gasteiger partial charge in [0.25, 0.3) is 5.91 Å². The van der Waals surface area contributed by atoms with E-state index >= 15 is 0 Å². The Morgan fingerprint density at radius 1 is 0.914 bits per heavy atom. The highest BCUT2D eigenvalue weighted by Crippen LogP contribution is 2.38. The molecule has 180 valence electrons. The molecular weight excluding hydrogens is 478 g/mol. The molecule has 35 heavy (non-hydrogen) atoms. The second-order valence-electron chi connectivity index (χ2n) is 8.87. The molecule has 3 aromatic carbocycles. The molecule has 0 aromatic heterocycles. The molecule has 0 aliphatic carbocycles. The van der Waals surface area contributed by atoms with Crippen molar-refractivity contribution in [2.24, 2.45) is 0 Å². The molecule has 2 aliphatic heterocycles. The van der Waals surface area contributed by atoms with Gasteiger partial charge in [0.05, 0.1) is 5.75 Å². The standard InChI is InChI=1S/C28H28ClN3O2S/c29-24-7-4-8-25(19-24)30-15-17-31(18-16-30)27(34)22-9-11-23(12-10-22)28-32(26(33)20-35-28)14-13-21-5-2-1-3-6-21/h1-12,19,28H,13-18,20H2/t28-/m0/s1. The van der Waals surface area contributed by atoms with Gasteiger partial charge in [0.15, 0.2) is 0 Å². The zero-order valence-corrected chi connectivity index (χ0v) is 21.0. The molecule has 1 atom stereocenters. The van der Waals surface area contributed by atoms with Crippen LogP contribution in [0.25, 0.3) is 0 Å². The van der Waals surface area contributed by atoms with Gasteiger partial charge in [0.2, 0.25) is 5.91 Å². The molecule has 0 bridgehead atoms. The second kappa shape index (κ2) is 10.8. The van der Waals surface area contributed by atoms with Gasteiger partial charge in [0, 0.05) is 49.0 Å². The number of nitrogens with zero attached hydrogens (tertiary/aromatic N) is 3. The van der Waals surface area contributed by atoms with Gasteiger partial charge >= 0.3 is 0 Å². The molecule has 2 fully saturated rings. The van der Waals surface area contributed by atoms with Gasteiger partial charge in [-0.05, 0) is 47.9 Å². The summed E-state index contributed by atoms with van der Waals surface area (Å²) in [5, 5.41) is 0.721. The van der Waals surface area contributed by atoms with E-state index in [1.54, 1.807) is 11.8 Å². The summed E-state index contributed by atoms with van der Waals surface area (Å²) in [5.74, 6) is 0.726. The number of hydrogen-bond acceptors (Lipinski definition) is 4. The van der Waals surface area contributed by atoms with Crippen LogP contribution in [0.1, 0.15) is 26.9 Å². The van der Waals surface area contributed by atoms with Crippen molar-refractivity contribution in [3.63, 3.8) is 0 Å². The maximum atomic E-state index is 13.1. The lowest BCUT2D eigenvalue weighted by Gasteiger charge is -2.36. The van der Waals surface area contributed by atoms with Crippen molar-refractivity contribution in [2.75, 3.05) is 43.4 Å². The summed E-state index contributed by atoms with van der Waals surface area (Å²) in [6.45, 7) is 3.60. The van der Waals surface area contributed by atoms with E-state index in [2.05, 4.69) is 23.1 Å². The van der Waals surface area contributed by atoms with Crippen LogP contribution in [-0.2, 0) is 11.2 Å². The smallest absolute Gasteiger partial charge is 0.253 e. The summed E-state index contributed by atoms with van der Waals surface area (Å²) >= 11 is 7.79. The average molecular weight is 506 g/mol. The molecule has 0 radical (unpaired) electrons. The van der Waals surface area contributed by atoms with Crippen molar-refractivity contribution in [3.05, 3.63) is 101 Å². The number of hydrogen-bond donors (Lipinski definition) is 0. The lowest BCUT2D eigenvalue weighted by molar-refractivity contribution is -0.128.